The molecule has 0 fully saturated rings. The van der Waals surface area contributed by atoms with Crippen molar-refractivity contribution in [3.8, 4) is 11.4 Å². The number of amides is 2. The van der Waals surface area contributed by atoms with Crippen molar-refractivity contribution in [2.45, 2.75) is 19.9 Å². The van der Waals surface area contributed by atoms with Crippen molar-refractivity contribution in [3.05, 3.63) is 106 Å². The third-order valence-electron chi connectivity index (χ3n) is 5.72. The first kappa shape index (κ1) is 21.9. The molecule has 1 aromatic heterocycles. The van der Waals surface area contributed by atoms with Gasteiger partial charge in [0.2, 0.25) is 5.82 Å². The number of nitrogens with zero attached hydrogens (tertiary/aromatic N) is 3. The maximum atomic E-state index is 13.6. The van der Waals surface area contributed by atoms with Gasteiger partial charge in [0.25, 0.3) is 5.89 Å². The highest BCUT2D eigenvalue weighted by molar-refractivity contribution is 6.31. The molecule has 8 heteroatoms. The van der Waals surface area contributed by atoms with Crippen LogP contribution in [0.4, 0.5) is 14.9 Å². The quantitative estimate of drug-likeness (QED) is 0.364. The molecule has 1 aliphatic heterocycles. The fraction of sp³-hybridized carbons (Fsp3) is 0.115. The van der Waals surface area contributed by atoms with Gasteiger partial charge in [-0.25, -0.2) is 9.18 Å². The maximum absolute atomic E-state index is 13.6. The first-order chi connectivity index (χ1) is 16.4. The number of aryl methyl sites for hydroxylation is 1. The lowest BCUT2D eigenvalue weighted by molar-refractivity contribution is 0.244. The van der Waals surface area contributed by atoms with E-state index in [0.29, 0.717) is 33.4 Å². The molecular formula is C26H20ClFN4O2. The minimum absolute atomic E-state index is 0.259. The number of hydrogen-bond donors (Lipinski definition) is 1. The van der Waals surface area contributed by atoms with Crippen LogP contribution in [0.5, 0.6) is 0 Å². The zero-order valence-electron chi connectivity index (χ0n) is 18.4. The van der Waals surface area contributed by atoms with Crippen LogP contribution in [-0.4, -0.2) is 16.2 Å². The number of hydrogen-bond acceptors (Lipinski definition) is 4. The van der Waals surface area contributed by atoms with Gasteiger partial charge >= 0.3 is 6.03 Å². The number of carbonyl (C=O) groups is 1. The van der Waals surface area contributed by atoms with Crippen LogP contribution in [0.3, 0.4) is 0 Å². The number of aromatic nitrogens is 2. The highest BCUT2D eigenvalue weighted by Gasteiger charge is 2.36. The van der Waals surface area contributed by atoms with Gasteiger partial charge in [0.1, 0.15) is 5.82 Å². The summed E-state index contributed by atoms with van der Waals surface area (Å²) in [6, 6.07) is 19.8. The number of nitrogens with one attached hydrogen (secondary N) is 1. The van der Waals surface area contributed by atoms with Crippen LogP contribution in [0.1, 0.15) is 30.0 Å². The summed E-state index contributed by atoms with van der Waals surface area (Å²) >= 11 is 6.18. The van der Waals surface area contributed by atoms with Crippen LogP contribution in [0.15, 0.2) is 83.0 Å². The smallest absolute Gasteiger partial charge is 0.326 e. The molecule has 0 aliphatic carbocycles. The molecule has 6 nitrogen and oxygen atoms in total. The van der Waals surface area contributed by atoms with Crippen molar-refractivity contribution in [2.75, 3.05) is 4.90 Å². The zero-order valence-corrected chi connectivity index (χ0v) is 19.2. The van der Waals surface area contributed by atoms with Crippen molar-refractivity contribution in [2.24, 2.45) is 0 Å². The third kappa shape index (κ3) is 4.06. The molecule has 4 aromatic rings. The molecule has 0 saturated carbocycles. The Bertz CT molecular complexity index is 1400. The largest absolute Gasteiger partial charge is 0.334 e. The predicted molar refractivity (Wildman–Crippen MR) is 129 cm³/mol. The van der Waals surface area contributed by atoms with Crippen LogP contribution in [0.2, 0.25) is 5.02 Å². The molecular weight excluding hydrogens is 455 g/mol. The molecule has 5 rings (SSSR count). The summed E-state index contributed by atoms with van der Waals surface area (Å²) < 4.78 is 19.3. The van der Waals surface area contributed by atoms with Gasteiger partial charge in [-0.05, 0) is 49.7 Å². The molecule has 1 atom stereocenters. The third-order valence-corrected chi connectivity index (χ3v) is 5.96. The Morgan fingerprint density at radius 1 is 1.03 bits per heavy atom. The van der Waals surface area contributed by atoms with E-state index in [1.807, 2.05) is 31.2 Å². The summed E-state index contributed by atoms with van der Waals surface area (Å²) in [4.78, 5) is 19.3. The Hall–Kier alpha value is -3.97. The topological polar surface area (TPSA) is 71.3 Å². The van der Waals surface area contributed by atoms with E-state index in [4.69, 9.17) is 16.1 Å². The first-order valence-electron chi connectivity index (χ1n) is 10.6. The Labute approximate surface area is 200 Å². The second kappa shape index (κ2) is 8.76. The molecule has 1 unspecified atom stereocenters. The van der Waals surface area contributed by atoms with E-state index in [0.717, 1.165) is 11.1 Å². The molecule has 2 heterocycles. The van der Waals surface area contributed by atoms with Crippen LogP contribution in [0.25, 0.3) is 17.0 Å². The number of rotatable bonds is 4. The number of halogens is 2. The number of urea groups is 1. The molecule has 0 bridgehead atoms. The summed E-state index contributed by atoms with van der Waals surface area (Å²) in [5.41, 5.74) is 4.41. The number of benzene rings is 3. The van der Waals surface area contributed by atoms with Gasteiger partial charge in [-0.3, -0.25) is 4.90 Å². The normalized spacial score (nSPS) is 16.1. The summed E-state index contributed by atoms with van der Waals surface area (Å²) in [6.07, 6.45) is 0. The van der Waals surface area contributed by atoms with Gasteiger partial charge in [0.05, 0.1) is 17.3 Å². The Kier molecular flexibility index (Phi) is 5.63. The number of allylic oxidation sites excluding steroid dienone is 1. The Morgan fingerprint density at radius 2 is 1.76 bits per heavy atom. The average Bonchev–Trinajstić information content (AvgIpc) is 3.29. The lowest BCUT2D eigenvalue weighted by Gasteiger charge is -2.35. The second-order valence-corrected chi connectivity index (χ2v) is 8.47. The lowest BCUT2D eigenvalue weighted by atomic mass is 9.94. The standard InChI is InChI=1S/C26H20ClFN4O2/c1-15-6-8-18(9-7-15)24-30-25(34-31-24)22-16(2)32(21-5-3-4-19(27)14-21)26(33)29-23(22)17-10-12-20(28)13-11-17/h3-14,23H,1-2H3,(H,29,33). The van der Waals surface area contributed by atoms with E-state index in [2.05, 4.69) is 15.5 Å². The SMILES string of the molecule is CC1=C(c2nc(-c3ccc(C)cc3)no2)C(c2ccc(F)cc2)NC(=O)N1c1cccc(Cl)c1. The molecule has 2 amide bonds. The van der Waals surface area contributed by atoms with Crippen LogP contribution >= 0.6 is 11.6 Å². The van der Waals surface area contributed by atoms with Gasteiger partial charge in [-0.2, -0.15) is 4.98 Å². The van der Waals surface area contributed by atoms with E-state index in [1.165, 1.54) is 17.0 Å². The monoisotopic (exact) mass is 474 g/mol. The first-order valence-corrected chi connectivity index (χ1v) is 11.0. The van der Waals surface area contributed by atoms with E-state index < -0.39 is 6.04 Å². The van der Waals surface area contributed by atoms with E-state index in [-0.39, 0.29) is 17.7 Å². The Balaban J connectivity index is 1.65. The lowest BCUT2D eigenvalue weighted by Crippen LogP contribution is -2.46. The van der Waals surface area contributed by atoms with E-state index in [1.54, 1.807) is 43.3 Å². The van der Waals surface area contributed by atoms with Crippen LogP contribution in [-0.2, 0) is 0 Å². The molecule has 1 N–H and O–H groups in total. The highest BCUT2D eigenvalue weighted by Crippen LogP contribution is 2.39. The van der Waals surface area contributed by atoms with Gasteiger partial charge in [0, 0.05) is 16.3 Å². The fourth-order valence-corrected chi connectivity index (χ4v) is 4.19. The Morgan fingerprint density at radius 3 is 2.47 bits per heavy atom. The minimum Gasteiger partial charge on any atom is -0.334 e. The van der Waals surface area contributed by atoms with Crippen LogP contribution < -0.4 is 10.2 Å². The van der Waals surface area contributed by atoms with Crippen LogP contribution in [0, 0.1) is 12.7 Å². The molecule has 3 aromatic carbocycles. The van der Waals surface area contributed by atoms with Crippen molar-refractivity contribution in [1.29, 1.82) is 0 Å². The van der Waals surface area contributed by atoms with Crippen molar-refractivity contribution in [3.63, 3.8) is 0 Å². The number of anilines is 1. The number of carbonyl (C=O) groups excluding carboxylic acids is 1. The molecule has 170 valence electrons. The van der Waals surface area contributed by atoms with Crippen molar-refractivity contribution < 1.29 is 13.7 Å². The molecule has 34 heavy (non-hydrogen) atoms. The molecule has 0 radical (unpaired) electrons. The maximum Gasteiger partial charge on any atom is 0.326 e. The zero-order chi connectivity index (χ0) is 23.8. The summed E-state index contributed by atoms with van der Waals surface area (Å²) in [7, 11) is 0. The second-order valence-electron chi connectivity index (χ2n) is 8.04. The fourth-order valence-electron chi connectivity index (χ4n) is 4.00. The minimum atomic E-state index is -0.616. The summed E-state index contributed by atoms with van der Waals surface area (Å²) in [5, 5.41) is 7.66. The molecule has 0 spiro atoms. The van der Waals surface area contributed by atoms with E-state index in [9.17, 15) is 9.18 Å². The highest BCUT2D eigenvalue weighted by atomic mass is 35.5. The molecule has 0 saturated heterocycles. The van der Waals surface area contributed by atoms with Gasteiger partial charge < -0.3 is 9.84 Å². The molecule has 1 aliphatic rings. The van der Waals surface area contributed by atoms with Gasteiger partial charge in [-0.15, -0.1) is 0 Å². The van der Waals surface area contributed by atoms with E-state index >= 15 is 0 Å². The predicted octanol–water partition coefficient (Wildman–Crippen LogP) is 6.54. The van der Waals surface area contributed by atoms with Gasteiger partial charge in [0.15, 0.2) is 0 Å². The van der Waals surface area contributed by atoms with Crippen molar-refractivity contribution in [1.82, 2.24) is 15.5 Å². The average molecular weight is 475 g/mol. The summed E-state index contributed by atoms with van der Waals surface area (Å²) in [6.45, 7) is 3.81. The summed E-state index contributed by atoms with van der Waals surface area (Å²) in [5.74, 6) is 0.321. The van der Waals surface area contributed by atoms with Gasteiger partial charge in [-0.1, -0.05) is 64.8 Å². The van der Waals surface area contributed by atoms with Crippen molar-refractivity contribution >= 4 is 28.9 Å².